The van der Waals surface area contributed by atoms with Gasteiger partial charge in [-0.05, 0) is 0 Å². The normalized spacial score (nSPS) is 11.6. The van der Waals surface area contributed by atoms with Crippen molar-refractivity contribution in [2.24, 2.45) is 0 Å². The van der Waals surface area contributed by atoms with Gasteiger partial charge in [-0.1, -0.05) is 11.3 Å². The average Bonchev–Trinajstić information content (AvgIpc) is 2.68. The van der Waals surface area contributed by atoms with E-state index < -0.39 is 37.5 Å². The van der Waals surface area contributed by atoms with Crippen LogP contribution in [0.4, 0.5) is 22.7 Å². The summed E-state index contributed by atoms with van der Waals surface area (Å²) in [7, 11) is -4.52. The molecule has 0 atom stereocenters. The topological polar surface area (TPSA) is 59.1 Å². The first-order valence-corrected chi connectivity index (χ1v) is 6.88. The first-order chi connectivity index (χ1) is 8.79. The van der Waals surface area contributed by atoms with Crippen LogP contribution < -0.4 is 4.72 Å². The molecule has 0 saturated heterocycles. The van der Waals surface area contributed by atoms with E-state index in [0.29, 0.717) is 11.3 Å². The number of benzene rings is 1. The third-order valence-electron chi connectivity index (χ3n) is 1.96. The van der Waals surface area contributed by atoms with Crippen molar-refractivity contribution in [2.45, 2.75) is 4.90 Å². The highest BCUT2D eigenvalue weighted by Crippen LogP contribution is 2.23. The van der Waals surface area contributed by atoms with Crippen molar-refractivity contribution < 1.29 is 26.0 Å². The first-order valence-electron chi connectivity index (χ1n) is 4.58. The molecule has 0 amide bonds. The lowest BCUT2D eigenvalue weighted by Gasteiger charge is -2.06. The van der Waals surface area contributed by atoms with Crippen molar-refractivity contribution in [3.8, 4) is 0 Å². The third-order valence-corrected chi connectivity index (χ3v) is 4.15. The molecule has 0 bridgehead atoms. The molecule has 0 saturated carbocycles. The molecule has 0 aliphatic rings. The van der Waals surface area contributed by atoms with Crippen LogP contribution in [0.1, 0.15) is 0 Å². The average molecular weight is 312 g/mol. The highest BCUT2D eigenvalue weighted by atomic mass is 32.2. The highest BCUT2D eigenvalue weighted by Gasteiger charge is 2.23. The van der Waals surface area contributed by atoms with Gasteiger partial charge in [0, 0.05) is 12.1 Å². The maximum atomic E-state index is 13.3. The molecule has 19 heavy (non-hydrogen) atoms. The molecule has 2 rings (SSSR count). The molecule has 10 heteroatoms. The molecule has 1 N–H and O–H groups in total. The molecular weight excluding hydrogens is 308 g/mol. The van der Waals surface area contributed by atoms with E-state index in [4.69, 9.17) is 0 Å². The molecule has 2 aromatic rings. The van der Waals surface area contributed by atoms with Gasteiger partial charge in [-0.15, -0.1) is 0 Å². The van der Waals surface area contributed by atoms with E-state index in [1.54, 1.807) is 4.72 Å². The molecule has 1 heterocycles. The SMILES string of the molecule is O=S(=O)(Nc1ncc(F)s1)c1cc(F)c(F)cc1F. The van der Waals surface area contributed by atoms with Gasteiger partial charge >= 0.3 is 0 Å². The van der Waals surface area contributed by atoms with Crippen molar-refractivity contribution in [1.82, 2.24) is 4.98 Å². The van der Waals surface area contributed by atoms with E-state index in [-0.39, 0.29) is 17.3 Å². The summed E-state index contributed by atoms with van der Waals surface area (Å²) >= 11 is 0.364. The van der Waals surface area contributed by atoms with Crippen LogP contribution in [-0.4, -0.2) is 13.4 Å². The van der Waals surface area contributed by atoms with Crippen molar-refractivity contribution in [3.63, 3.8) is 0 Å². The van der Waals surface area contributed by atoms with Crippen LogP contribution in [0, 0.1) is 22.6 Å². The molecule has 0 unspecified atom stereocenters. The van der Waals surface area contributed by atoms with Crippen molar-refractivity contribution in [3.05, 3.63) is 40.9 Å². The van der Waals surface area contributed by atoms with Gasteiger partial charge in [0.1, 0.15) is 10.7 Å². The molecule has 4 nitrogen and oxygen atoms in total. The minimum atomic E-state index is -4.52. The summed E-state index contributed by atoms with van der Waals surface area (Å²) in [6, 6.07) is 0.295. The summed E-state index contributed by atoms with van der Waals surface area (Å²) in [6.07, 6.45) is 0.754. The molecule has 0 aliphatic heterocycles. The fraction of sp³-hybridized carbons (Fsp3) is 0. The fourth-order valence-electron chi connectivity index (χ4n) is 1.18. The Morgan fingerprint density at radius 3 is 2.26 bits per heavy atom. The zero-order valence-corrected chi connectivity index (χ0v) is 10.5. The van der Waals surface area contributed by atoms with Crippen LogP contribution in [0.3, 0.4) is 0 Å². The Bertz CT molecular complexity index is 730. The van der Waals surface area contributed by atoms with Crippen LogP contribution in [0.15, 0.2) is 23.2 Å². The van der Waals surface area contributed by atoms with Gasteiger partial charge in [-0.25, -0.2) is 26.6 Å². The number of aromatic nitrogens is 1. The highest BCUT2D eigenvalue weighted by molar-refractivity contribution is 7.93. The minimum absolute atomic E-state index is 0.104. The quantitative estimate of drug-likeness (QED) is 0.700. The van der Waals surface area contributed by atoms with E-state index in [2.05, 4.69) is 4.98 Å². The lowest BCUT2D eigenvalue weighted by Crippen LogP contribution is -2.15. The number of rotatable bonds is 3. The van der Waals surface area contributed by atoms with Gasteiger partial charge in [0.25, 0.3) is 10.0 Å². The Morgan fingerprint density at radius 2 is 1.68 bits per heavy atom. The number of nitrogens with one attached hydrogen (secondary N) is 1. The van der Waals surface area contributed by atoms with Crippen LogP contribution in [0.2, 0.25) is 0 Å². The van der Waals surface area contributed by atoms with Crippen molar-refractivity contribution >= 4 is 26.5 Å². The Balaban J connectivity index is 2.42. The van der Waals surface area contributed by atoms with E-state index in [1.165, 1.54) is 0 Å². The number of sulfonamides is 1. The van der Waals surface area contributed by atoms with Gasteiger partial charge in [0.15, 0.2) is 21.9 Å². The number of thiazole rings is 1. The number of anilines is 1. The zero-order chi connectivity index (χ0) is 14.2. The first kappa shape index (κ1) is 13.7. The molecule has 102 valence electrons. The van der Waals surface area contributed by atoms with Gasteiger partial charge < -0.3 is 0 Å². The third kappa shape index (κ3) is 2.84. The monoisotopic (exact) mass is 312 g/mol. The lowest BCUT2D eigenvalue weighted by atomic mass is 10.3. The van der Waals surface area contributed by atoms with Gasteiger partial charge in [0.2, 0.25) is 0 Å². The Kier molecular flexibility index (Phi) is 3.45. The maximum absolute atomic E-state index is 13.3. The zero-order valence-electron chi connectivity index (χ0n) is 8.82. The number of hydrogen-bond acceptors (Lipinski definition) is 4. The summed E-state index contributed by atoms with van der Waals surface area (Å²) in [5, 5.41) is -1.12. The molecule has 0 radical (unpaired) electrons. The largest absolute Gasteiger partial charge is 0.266 e. The van der Waals surface area contributed by atoms with Crippen LogP contribution in [-0.2, 0) is 10.0 Å². The summed E-state index contributed by atoms with van der Waals surface area (Å²) in [6.45, 7) is 0. The van der Waals surface area contributed by atoms with E-state index >= 15 is 0 Å². The summed E-state index contributed by atoms with van der Waals surface area (Å²) in [4.78, 5) is 2.26. The lowest BCUT2D eigenvalue weighted by molar-refractivity contribution is 0.482. The summed E-state index contributed by atoms with van der Waals surface area (Å²) < 4.78 is 76.7. The van der Waals surface area contributed by atoms with Crippen LogP contribution in [0.5, 0.6) is 0 Å². The van der Waals surface area contributed by atoms with Crippen molar-refractivity contribution in [1.29, 1.82) is 0 Å². The second-order valence-electron chi connectivity index (χ2n) is 3.27. The second kappa shape index (κ2) is 4.78. The molecule has 1 aromatic heterocycles. The smallest absolute Gasteiger partial charge is 0.254 e. The second-order valence-corrected chi connectivity index (χ2v) is 5.90. The van der Waals surface area contributed by atoms with Gasteiger partial charge in [-0.2, -0.15) is 4.39 Å². The summed E-state index contributed by atoms with van der Waals surface area (Å²) in [5.41, 5.74) is 0. The van der Waals surface area contributed by atoms with Gasteiger partial charge in [-0.3, -0.25) is 4.72 Å². The van der Waals surface area contributed by atoms with Gasteiger partial charge in [0.05, 0.1) is 6.20 Å². The van der Waals surface area contributed by atoms with E-state index in [9.17, 15) is 26.0 Å². The molecule has 0 fully saturated rings. The number of nitrogens with zero attached hydrogens (tertiary/aromatic N) is 1. The Hall–Kier alpha value is -1.68. The standard InChI is InChI=1S/C9H4F4N2O2S2/c10-4-1-6(12)7(2-5(4)11)19(16,17)15-9-14-3-8(13)18-9/h1-3H,(H,14,15). The molecule has 0 aliphatic carbocycles. The molecule has 1 aromatic carbocycles. The number of hydrogen-bond donors (Lipinski definition) is 1. The van der Waals surface area contributed by atoms with Crippen molar-refractivity contribution in [2.75, 3.05) is 4.72 Å². The minimum Gasteiger partial charge on any atom is -0.254 e. The van der Waals surface area contributed by atoms with E-state index in [0.717, 1.165) is 6.20 Å². The Morgan fingerprint density at radius 1 is 1.05 bits per heavy atom. The van der Waals surface area contributed by atoms with Crippen LogP contribution >= 0.6 is 11.3 Å². The Labute approximate surface area is 108 Å². The molecule has 0 spiro atoms. The molecular formula is C9H4F4N2O2S2. The van der Waals surface area contributed by atoms with E-state index in [1.807, 2.05) is 0 Å². The predicted octanol–water partition coefficient (Wildman–Crippen LogP) is 2.50. The summed E-state index contributed by atoms with van der Waals surface area (Å²) in [5.74, 6) is -4.51. The number of halogens is 4. The maximum Gasteiger partial charge on any atom is 0.266 e. The fourth-order valence-corrected chi connectivity index (χ4v) is 3.04. The van der Waals surface area contributed by atoms with Crippen LogP contribution in [0.25, 0.3) is 0 Å². The predicted molar refractivity (Wildman–Crippen MR) is 59.2 cm³/mol.